The molecule has 3 rings (SSSR count). The van der Waals surface area contributed by atoms with E-state index in [1.54, 1.807) is 6.08 Å². The maximum atomic E-state index is 11.6. The highest BCUT2D eigenvalue weighted by Gasteiger charge is 2.16. The third kappa shape index (κ3) is 7.80. The van der Waals surface area contributed by atoms with E-state index in [9.17, 15) is 4.79 Å². The summed E-state index contributed by atoms with van der Waals surface area (Å²) in [7, 11) is 0. The summed E-state index contributed by atoms with van der Waals surface area (Å²) in [4.78, 5) is 21.1. The van der Waals surface area contributed by atoms with Crippen LogP contribution in [0.3, 0.4) is 0 Å². The van der Waals surface area contributed by atoms with Gasteiger partial charge in [-0.3, -0.25) is 9.78 Å². The standard InChI is InChI=1S/C24H34ClN5O/c1-19(2)17-24(31)28-9-4-12-30-15-13-29(14-16-30)11-3-8-26-22-7-10-27-23-18-20(25)5-6-21(22)23/h5-7,10,17-18H,3-4,8-9,11-16H2,1-2H3,(H,26,27)(H,28,31). The van der Waals surface area contributed by atoms with E-state index in [1.807, 2.05) is 44.3 Å². The molecule has 7 heteroatoms. The van der Waals surface area contributed by atoms with E-state index in [0.717, 1.165) is 87.4 Å². The molecule has 1 amide bonds. The van der Waals surface area contributed by atoms with Crippen molar-refractivity contribution >= 4 is 34.1 Å². The lowest BCUT2D eigenvalue weighted by Gasteiger charge is -2.34. The van der Waals surface area contributed by atoms with E-state index in [1.165, 1.54) is 0 Å². The van der Waals surface area contributed by atoms with Gasteiger partial charge in [-0.2, -0.15) is 0 Å². The van der Waals surface area contributed by atoms with Gasteiger partial charge in [0.05, 0.1) is 5.52 Å². The Kier molecular flexibility index (Phi) is 9.13. The van der Waals surface area contributed by atoms with E-state index in [4.69, 9.17) is 11.6 Å². The zero-order valence-electron chi connectivity index (χ0n) is 18.7. The first-order valence-electron chi connectivity index (χ1n) is 11.2. The molecule has 31 heavy (non-hydrogen) atoms. The van der Waals surface area contributed by atoms with Crippen LogP contribution in [0.15, 0.2) is 42.1 Å². The average Bonchev–Trinajstić information content (AvgIpc) is 2.74. The summed E-state index contributed by atoms with van der Waals surface area (Å²) in [6.45, 7) is 12.1. The lowest BCUT2D eigenvalue weighted by atomic mass is 10.2. The molecule has 0 atom stereocenters. The predicted molar refractivity (Wildman–Crippen MR) is 130 cm³/mol. The van der Waals surface area contributed by atoms with Crippen molar-refractivity contribution in [3.63, 3.8) is 0 Å². The van der Waals surface area contributed by atoms with Crippen molar-refractivity contribution in [1.82, 2.24) is 20.1 Å². The molecule has 2 aromatic rings. The summed E-state index contributed by atoms with van der Waals surface area (Å²) >= 11 is 6.07. The van der Waals surface area contributed by atoms with Crippen molar-refractivity contribution in [3.05, 3.63) is 47.1 Å². The second kappa shape index (κ2) is 12.0. The number of benzene rings is 1. The minimum absolute atomic E-state index is 0.0157. The van der Waals surface area contributed by atoms with Crippen molar-refractivity contribution in [1.29, 1.82) is 0 Å². The highest BCUT2D eigenvalue weighted by Crippen LogP contribution is 2.24. The maximum absolute atomic E-state index is 11.6. The lowest BCUT2D eigenvalue weighted by Crippen LogP contribution is -2.47. The molecular weight excluding hydrogens is 410 g/mol. The zero-order chi connectivity index (χ0) is 22.1. The predicted octanol–water partition coefficient (Wildman–Crippen LogP) is 3.78. The van der Waals surface area contributed by atoms with Gasteiger partial charge >= 0.3 is 0 Å². The van der Waals surface area contributed by atoms with Gasteiger partial charge in [-0.05, 0) is 64.0 Å². The number of anilines is 1. The van der Waals surface area contributed by atoms with Gasteiger partial charge in [0, 0.05) is 67.6 Å². The molecule has 1 aromatic carbocycles. The quantitative estimate of drug-likeness (QED) is 0.432. The van der Waals surface area contributed by atoms with Crippen LogP contribution in [0.5, 0.6) is 0 Å². The van der Waals surface area contributed by atoms with E-state index < -0.39 is 0 Å². The Hall–Kier alpha value is -2.15. The number of fused-ring (bicyclic) bond motifs is 1. The first-order chi connectivity index (χ1) is 15.0. The summed E-state index contributed by atoms with van der Waals surface area (Å²) in [5.41, 5.74) is 3.07. The first kappa shape index (κ1) is 23.5. The van der Waals surface area contributed by atoms with Gasteiger partial charge in [-0.15, -0.1) is 0 Å². The third-order valence-corrected chi connectivity index (χ3v) is 5.74. The number of hydrogen-bond donors (Lipinski definition) is 2. The minimum atomic E-state index is 0.0157. The van der Waals surface area contributed by atoms with E-state index in [-0.39, 0.29) is 5.91 Å². The number of piperazine rings is 1. The smallest absolute Gasteiger partial charge is 0.243 e. The fraction of sp³-hybridized carbons (Fsp3) is 0.500. The molecule has 6 nitrogen and oxygen atoms in total. The van der Waals surface area contributed by atoms with Crippen molar-refractivity contribution in [2.75, 3.05) is 57.7 Å². The number of carbonyl (C=O) groups excluding carboxylic acids is 1. The molecule has 0 bridgehead atoms. The Morgan fingerprint density at radius 2 is 1.74 bits per heavy atom. The number of hydrogen-bond acceptors (Lipinski definition) is 5. The van der Waals surface area contributed by atoms with Crippen molar-refractivity contribution in [2.24, 2.45) is 0 Å². The van der Waals surface area contributed by atoms with Gasteiger partial charge in [-0.25, -0.2) is 0 Å². The first-order valence-corrected chi connectivity index (χ1v) is 11.5. The molecule has 1 aliphatic heterocycles. The second-order valence-electron chi connectivity index (χ2n) is 8.35. The summed E-state index contributed by atoms with van der Waals surface area (Å²) < 4.78 is 0. The van der Waals surface area contributed by atoms with Crippen LogP contribution in [0, 0.1) is 0 Å². The Morgan fingerprint density at radius 3 is 2.42 bits per heavy atom. The molecule has 0 saturated carbocycles. The number of nitrogens with one attached hydrogen (secondary N) is 2. The summed E-state index contributed by atoms with van der Waals surface area (Å²) in [5.74, 6) is 0.0157. The molecule has 1 fully saturated rings. The van der Waals surface area contributed by atoms with Crippen LogP contribution >= 0.6 is 11.6 Å². The van der Waals surface area contributed by atoms with E-state index in [0.29, 0.717) is 5.02 Å². The Labute approximate surface area is 190 Å². The molecule has 0 aliphatic carbocycles. The summed E-state index contributed by atoms with van der Waals surface area (Å²) in [6.07, 6.45) is 5.58. The van der Waals surface area contributed by atoms with Gasteiger partial charge in [0.2, 0.25) is 5.91 Å². The van der Waals surface area contributed by atoms with Gasteiger partial charge < -0.3 is 20.4 Å². The number of allylic oxidation sites excluding steroid dienone is 1. The molecular formula is C24H34ClN5O. The van der Waals surface area contributed by atoms with Gasteiger partial charge in [0.15, 0.2) is 0 Å². The Balaban J connectivity index is 1.29. The number of aromatic nitrogens is 1. The molecule has 2 heterocycles. The monoisotopic (exact) mass is 443 g/mol. The number of carbonyl (C=O) groups is 1. The highest BCUT2D eigenvalue weighted by atomic mass is 35.5. The minimum Gasteiger partial charge on any atom is -0.384 e. The topological polar surface area (TPSA) is 60.5 Å². The number of rotatable bonds is 10. The SMILES string of the molecule is CC(C)=CC(=O)NCCCN1CCN(CCCNc2ccnc3cc(Cl)ccc23)CC1. The second-order valence-corrected chi connectivity index (χ2v) is 8.79. The van der Waals surface area contributed by atoms with E-state index >= 15 is 0 Å². The van der Waals surface area contributed by atoms with Crippen molar-refractivity contribution in [3.8, 4) is 0 Å². The van der Waals surface area contributed by atoms with Crippen molar-refractivity contribution < 1.29 is 4.79 Å². The number of amides is 1. The summed E-state index contributed by atoms with van der Waals surface area (Å²) in [6, 6.07) is 7.86. The molecule has 0 spiro atoms. The lowest BCUT2D eigenvalue weighted by molar-refractivity contribution is -0.116. The average molecular weight is 444 g/mol. The molecule has 2 N–H and O–H groups in total. The summed E-state index contributed by atoms with van der Waals surface area (Å²) in [5, 5.41) is 8.33. The normalized spacial score (nSPS) is 15.1. The van der Waals surface area contributed by atoms with Crippen LogP contribution in [0.25, 0.3) is 10.9 Å². The molecule has 1 saturated heterocycles. The van der Waals surface area contributed by atoms with E-state index in [2.05, 4.69) is 25.4 Å². The zero-order valence-corrected chi connectivity index (χ0v) is 19.4. The molecule has 1 aromatic heterocycles. The molecule has 0 unspecified atom stereocenters. The van der Waals surface area contributed by atoms with Crippen molar-refractivity contribution in [2.45, 2.75) is 26.7 Å². The molecule has 1 aliphatic rings. The molecule has 168 valence electrons. The fourth-order valence-corrected chi connectivity index (χ4v) is 4.03. The maximum Gasteiger partial charge on any atom is 0.243 e. The van der Waals surface area contributed by atoms with Crippen LogP contribution in [0.2, 0.25) is 5.02 Å². The Bertz CT molecular complexity index is 889. The van der Waals surface area contributed by atoms with Crippen LogP contribution in [0.4, 0.5) is 5.69 Å². The van der Waals surface area contributed by atoms with Gasteiger partial charge in [0.1, 0.15) is 0 Å². The molecule has 0 radical (unpaired) electrons. The Morgan fingerprint density at radius 1 is 1.06 bits per heavy atom. The number of halogens is 1. The highest BCUT2D eigenvalue weighted by molar-refractivity contribution is 6.31. The fourth-order valence-electron chi connectivity index (χ4n) is 3.87. The number of pyridine rings is 1. The van der Waals surface area contributed by atoms with Gasteiger partial charge in [0.25, 0.3) is 0 Å². The van der Waals surface area contributed by atoms with Crippen LogP contribution in [0.1, 0.15) is 26.7 Å². The van der Waals surface area contributed by atoms with Gasteiger partial charge in [-0.1, -0.05) is 17.2 Å². The van der Waals surface area contributed by atoms with Crippen LogP contribution in [-0.4, -0.2) is 73.0 Å². The van der Waals surface area contributed by atoms with Crippen LogP contribution < -0.4 is 10.6 Å². The number of nitrogens with zero attached hydrogens (tertiary/aromatic N) is 3. The largest absolute Gasteiger partial charge is 0.384 e. The van der Waals surface area contributed by atoms with Crippen LogP contribution in [-0.2, 0) is 4.79 Å². The third-order valence-electron chi connectivity index (χ3n) is 5.51.